The van der Waals surface area contributed by atoms with Crippen molar-refractivity contribution in [2.24, 2.45) is 12.9 Å². The monoisotopic (exact) mass is 262 g/mol. The minimum atomic E-state index is 0.249. The van der Waals surface area contributed by atoms with Crippen molar-refractivity contribution < 1.29 is 0 Å². The van der Waals surface area contributed by atoms with Crippen molar-refractivity contribution >= 4 is 11.8 Å². The summed E-state index contributed by atoms with van der Waals surface area (Å²) in [6, 6.07) is 10.6. The molecule has 0 aliphatic heterocycles. The van der Waals surface area contributed by atoms with Crippen molar-refractivity contribution in [1.82, 2.24) is 15.2 Å². The first-order valence-electron chi connectivity index (χ1n) is 5.89. The number of aromatic nitrogens is 2. The second kappa shape index (κ2) is 6.58. The Labute approximate surface area is 112 Å². The second-order valence-corrected chi connectivity index (χ2v) is 5.31. The van der Waals surface area contributed by atoms with Crippen LogP contribution in [0.2, 0.25) is 0 Å². The van der Waals surface area contributed by atoms with Crippen molar-refractivity contribution in [2.75, 3.05) is 5.75 Å². The van der Waals surface area contributed by atoms with Crippen LogP contribution in [0.4, 0.5) is 0 Å². The summed E-state index contributed by atoms with van der Waals surface area (Å²) in [4.78, 5) is 1.27. The Balaban J connectivity index is 1.86. The van der Waals surface area contributed by atoms with Gasteiger partial charge in [-0.15, -0.1) is 11.8 Å². The zero-order chi connectivity index (χ0) is 12.8. The molecular formula is C13H18N4S. The van der Waals surface area contributed by atoms with Crippen molar-refractivity contribution in [2.45, 2.75) is 17.4 Å². The van der Waals surface area contributed by atoms with Gasteiger partial charge < -0.3 is 0 Å². The number of rotatable bonds is 6. The first kappa shape index (κ1) is 13.1. The maximum absolute atomic E-state index is 5.60. The Bertz CT molecular complexity index is 469. The van der Waals surface area contributed by atoms with E-state index in [4.69, 9.17) is 5.84 Å². The molecule has 18 heavy (non-hydrogen) atoms. The van der Waals surface area contributed by atoms with Crippen molar-refractivity contribution in [3.63, 3.8) is 0 Å². The van der Waals surface area contributed by atoms with Gasteiger partial charge in [-0.25, -0.2) is 0 Å². The number of nitrogens with zero attached hydrogens (tertiary/aromatic N) is 2. The summed E-state index contributed by atoms with van der Waals surface area (Å²) >= 11 is 1.81. The quantitative estimate of drug-likeness (QED) is 0.471. The second-order valence-electron chi connectivity index (χ2n) is 4.21. The predicted octanol–water partition coefficient (Wildman–Crippen LogP) is 1.59. The summed E-state index contributed by atoms with van der Waals surface area (Å²) in [5.41, 5.74) is 4.08. The number of hydrogen-bond donors (Lipinski definition) is 2. The van der Waals surface area contributed by atoms with Crippen molar-refractivity contribution in [1.29, 1.82) is 0 Å². The van der Waals surface area contributed by atoms with Gasteiger partial charge in [0.05, 0.1) is 6.20 Å². The molecule has 0 bridgehead atoms. The minimum absolute atomic E-state index is 0.249. The van der Waals surface area contributed by atoms with Crippen LogP contribution in [0.1, 0.15) is 5.56 Å². The third-order valence-corrected chi connectivity index (χ3v) is 3.85. The van der Waals surface area contributed by atoms with Gasteiger partial charge in [0.15, 0.2) is 0 Å². The molecule has 1 unspecified atom stereocenters. The standard InChI is InChI=1S/C13H18N4S/c1-17-9-11(8-15-17)7-12(16-14)10-18-13-5-3-2-4-6-13/h2-6,8-9,12,16H,7,10,14H2,1H3. The van der Waals surface area contributed by atoms with Crippen LogP contribution in [0.3, 0.4) is 0 Å². The number of hydrazine groups is 1. The van der Waals surface area contributed by atoms with E-state index in [2.05, 4.69) is 22.7 Å². The van der Waals surface area contributed by atoms with E-state index >= 15 is 0 Å². The van der Waals surface area contributed by atoms with Crippen LogP contribution in [0.15, 0.2) is 47.6 Å². The Morgan fingerprint density at radius 1 is 1.39 bits per heavy atom. The SMILES string of the molecule is Cn1cc(CC(CSc2ccccc2)NN)cn1. The number of nitrogens with one attached hydrogen (secondary N) is 1. The Hall–Kier alpha value is -1.30. The molecule has 0 radical (unpaired) electrons. The average Bonchev–Trinajstić information content (AvgIpc) is 2.81. The van der Waals surface area contributed by atoms with E-state index in [0.717, 1.165) is 12.2 Å². The Morgan fingerprint density at radius 3 is 2.78 bits per heavy atom. The lowest BCUT2D eigenvalue weighted by Gasteiger charge is -2.14. The molecule has 0 aliphatic rings. The maximum Gasteiger partial charge on any atom is 0.0522 e. The van der Waals surface area contributed by atoms with E-state index in [1.165, 1.54) is 10.5 Å². The van der Waals surface area contributed by atoms with Gasteiger partial charge >= 0.3 is 0 Å². The molecule has 0 fully saturated rings. The summed E-state index contributed by atoms with van der Waals surface area (Å²) in [5.74, 6) is 6.54. The molecular weight excluding hydrogens is 244 g/mol. The van der Waals surface area contributed by atoms with Crippen LogP contribution >= 0.6 is 11.8 Å². The summed E-state index contributed by atoms with van der Waals surface area (Å²) in [7, 11) is 1.92. The highest BCUT2D eigenvalue weighted by atomic mass is 32.2. The van der Waals surface area contributed by atoms with E-state index in [1.54, 1.807) is 0 Å². The highest BCUT2D eigenvalue weighted by Gasteiger charge is 2.09. The van der Waals surface area contributed by atoms with Crippen LogP contribution < -0.4 is 11.3 Å². The zero-order valence-corrected chi connectivity index (χ0v) is 11.2. The van der Waals surface area contributed by atoms with Crippen LogP contribution in [0.5, 0.6) is 0 Å². The molecule has 5 heteroatoms. The first-order valence-corrected chi connectivity index (χ1v) is 6.88. The van der Waals surface area contributed by atoms with Gasteiger partial charge in [0.2, 0.25) is 0 Å². The third kappa shape index (κ3) is 3.87. The molecule has 4 nitrogen and oxygen atoms in total. The van der Waals surface area contributed by atoms with Crippen LogP contribution in [0.25, 0.3) is 0 Å². The largest absolute Gasteiger partial charge is 0.276 e. The predicted molar refractivity (Wildman–Crippen MR) is 75.2 cm³/mol. The fourth-order valence-electron chi connectivity index (χ4n) is 1.74. The molecule has 96 valence electrons. The fourth-order valence-corrected chi connectivity index (χ4v) is 2.70. The number of nitrogens with two attached hydrogens (primary N) is 1. The molecule has 0 spiro atoms. The highest BCUT2D eigenvalue weighted by molar-refractivity contribution is 7.99. The molecule has 1 aromatic heterocycles. The van der Waals surface area contributed by atoms with Crippen LogP contribution in [-0.2, 0) is 13.5 Å². The van der Waals surface area contributed by atoms with E-state index in [9.17, 15) is 0 Å². The van der Waals surface area contributed by atoms with E-state index in [1.807, 2.05) is 54.1 Å². The van der Waals surface area contributed by atoms with Gasteiger partial charge in [0.1, 0.15) is 0 Å². The lowest BCUT2D eigenvalue weighted by molar-refractivity contribution is 0.575. The topological polar surface area (TPSA) is 55.9 Å². The van der Waals surface area contributed by atoms with Crippen molar-refractivity contribution in [3.05, 3.63) is 48.3 Å². The molecule has 1 atom stereocenters. The fraction of sp³-hybridized carbons (Fsp3) is 0.308. The lowest BCUT2D eigenvalue weighted by Crippen LogP contribution is -2.38. The smallest absolute Gasteiger partial charge is 0.0522 e. The summed E-state index contributed by atoms with van der Waals surface area (Å²) < 4.78 is 1.81. The summed E-state index contributed by atoms with van der Waals surface area (Å²) in [6.45, 7) is 0. The first-order chi connectivity index (χ1) is 8.78. The van der Waals surface area contributed by atoms with Crippen LogP contribution in [0, 0.1) is 0 Å². The normalized spacial score (nSPS) is 12.6. The number of thioether (sulfide) groups is 1. The molecule has 0 aliphatic carbocycles. The van der Waals surface area contributed by atoms with Gasteiger partial charge in [0, 0.05) is 29.9 Å². The molecule has 2 rings (SSSR count). The molecule has 0 saturated heterocycles. The molecule has 2 aromatic rings. The maximum atomic E-state index is 5.60. The van der Waals surface area contributed by atoms with E-state index in [-0.39, 0.29) is 6.04 Å². The summed E-state index contributed by atoms with van der Waals surface area (Å²) in [6.07, 6.45) is 4.80. The summed E-state index contributed by atoms with van der Waals surface area (Å²) in [5, 5.41) is 4.16. The highest BCUT2D eigenvalue weighted by Crippen LogP contribution is 2.18. The van der Waals surface area contributed by atoms with E-state index in [0.29, 0.717) is 0 Å². The van der Waals surface area contributed by atoms with Gasteiger partial charge in [-0.05, 0) is 24.1 Å². The van der Waals surface area contributed by atoms with Gasteiger partial charge in [-0.1, -0.05) is 18.2 Å². The number of aryl methyl sites for hydroxylation is 1. The lowest BCUT2D eigenvalue weighted by atomic mass is 10.1. The van der Waals surface area contributed by atoms with Gasteiger partial charge in [0.25, 0.3) is 0 Å². The molecule has 1 aromatic carbocycles. The van der Waals surface area contributed by atoms with Crippen LogP contribution in [-0.4, -0.2) is 21.6 Å². The Morgan fingerprint density at radius 2 is 2.17 bits per heavy atom. The average molecular weight is 262 g/mol. The van der Waals surface area contributed by atoms with Crippen molar-refractivity contribution in [3.8, 4) is 0 Å². The van der Waals surface area contributed by atoms with E-state index < -0.39 is 0 Å². The molecule has 0 amide bonds. The van der Waals surface area contributed by atoms with Gasteiger partial charge in [-0.3, -0.25) is 16.0 Å². The zero-order valence-electron chi connectivity index (χ0n) is 10.4. The molecule has 0 saturated carbocycles. The number of benzene rings is 1. The molecule has 1 heterocycles. The Kier molecular flexibility index (Phi) is 4.81. The minimum Gasteiger partial charge on any atom is -0.276 e. The third-order valence-electron chi connectivity index (χ3n) is 2.67. The number of hydrogen-bond acceptors (Lipinski definition) is 4. The van der Waals surface area contributed by atoms with Gasteiger partial charge in [-0.2, -0.15) is 5.10 Å². The molecule has 3 N–H and O–H groups in total.